The number of benzene rings is 1. The first-order valence-corrected chi connectivity index (χ1v) is 8.49. The first-order chi connectivity index (χ1) is 12.1. The van der Waals surface area contributed by atoms with Crippen molar-refractivity contribution in [3.05, 3.63) is 60.0 Å². The van der Waals surface area contributed by atoms with E-state index < -0.39 is 0 Å². The molecule has 0 saturated carbocycles. The highest BCUT2D eigenvalue weighted by Gasteiger charge is 2.29. The fourth-order valence-corrected chi connectivity index (χ4v) is 3.40. The lowest BCUT2D eigenvalue weighted by atomic mass is 10.1. The van der Waals surface area contributed by atoms with E-state index >= 15 is 0 Å². The van der Waals surface area contributed by atoms with Crippen molar-refractivity contribution in [2.75, 3.05) is 32.1 Å². The second kappa shape index (κ2) is 6.20. The Morgan fingerprint density at radius 1 is 1.20 bits per heavy atom. The van der Waals surface area contributed by atoms with Gasteiger partial charge in [0.2, 0.25) is 0 Å². The summed E-state index contributed by atoms with van der Waals surface area (Å²) >= 11 is 0. The number of likely N-dealkylation sites (tertiary alicyclic amines) is 1. The second-order valence-electron chi connectivity index (χ2n) is 6.65. The molecule has 0 bridgehead atoms. The number of carbonyl (C=O) groups excluding carboxylic acids is 1. The van der Waals surface area contributed by atoms with E-state index in [0.717, 1.165) is 35.6 Å². The molecule has 1 atom stereocenters. The SMILES string of the molecule is CN(C)c1nc(C2CCN(C(=O)c3ccccc3)C2)cn2nccc12. The second-order valence-corrected chi connectivity index (χ2v) is 6.65. The third-order valence-electron chi connectivity index (χ3n) is 4.73. The van der Waals surface area contributed by atoms with E-state index in [1.54, 1.807) is 6.20 Å². The van der Waals surface area contributed by atoms with Crippen molar-refractivity contribution >= 4 is 17.2 Å². The van der Waals surface area contributed by atoms with Crippen molar-refractivity contribution in [3.63, 3.8) is 0 Å². The fraction of sp³-hybridized carbons (Fsp3) is 0.316. The predicted molar refractivity (Wildman–Crippen MR) is 97.0 cm³/mol. The molecule has 6 heteroatoms. The summed E-state index contributed by atoms with van der Waals surface area (Å²) in [4.78, 5) is 21.4. The van der Waals surface area contributed by atoms with Crippen molar-refractivity contribution in [1.82, 2.24) is 19.5 Å². The number of amides is 1. The van der Waals surface area contributed by atoms with Crippen LogP contribution in [0.4, 0.5) is 5.82 Å². The van der Waals surface area contributed by atoms with Crippen LogP contribution in [-0.2, 0) is 0 Å². The Morgan fingerprint density at radius 3 is 2.76 bits per heavy atom. The highest BCUT2D eigenvalue weighted by molar-refractivity contribution is 5.94. The van der Waals surface area contributed by atoms with Gasteiger partial charge < -0.3 is 9.80 Å². The summed E-state index contributed by atoms with van der Waals surface area (Å²) in [6.07, 6.45) is 4.70. The molecule has 1 aliphatic heterocycles. The van der Waals surface area contributed by atoms with Crippen LogP contribution in [0.5, 0.6) is 0 Å². The molecule has 0 radical (unpaired) electrons. The Hall–Kier alpha value is -2.89. The maximum absolute atomic E-state index is 12.6. The molecule has 1 aromatic carbocycles. The molecule has 1 amide bonds. The quantitative estimate of drug-likeness (QED) is 0.738. The van der Waals surface area contributed by atoms with Crippen LogP contribution in [-0.4, -0.2) is 52.6 Å². The number of carbonyl (C=O) groups is 1. The Bertz CT molecular complexity index is 903. The van der Waals surface area contributed by atoms with Crippen LogP contribution in [0.3, 0.4) is 0 Å². The van der Waals surface area contributed by atoms with Gasteiger partial charge in [-0.1, -0.05) is 18.2 Å². The summed E-state index contributed by atoms with van der Waals surface area (Å²) in [6.45, 7) is 1.45. The van der Waals surface area contributed by atoms with Gasteiger partial charge in [0.25, 0.3) is 5.91 Å². The number of hydrogen-bond donors (Lipinski definition) is 0. The molecule has 25 heavy (non-hydrogen) atoms. The molecule has 0 aliphatic carbocycles. The van der Waals surface area contributed by atoms with Gasteiger partial charge in [0.1, 0.15) is 5.52 Å². The summed E-state index contributed by atoms with van der Waals surface area (Å²) < 4.78 is 1.87. The van der Waals surface area contributed by atoms with Gasteiger partial charge in [-0.15, -0.1) is 0 Å². The van der Waals surface area contributed by atoms with Crippen LogP contribution in [0, 0.1) is 0 Å². The maximum atomic E-state index is 12.6. The molecule has 1 fully saturated rings. The van der Waals surface area contributed by atoms with E-state index in [1.165, 1.54) is 0 Å². The third-order valence-corrected chi connectivity index (χ3v) is 4.73. The zero-order valence-corrected chi connectivity index (χ0v) is 14.5. The highest BCUT2D eigenvalue weighted by Crippen LogP contribution is 2.29. The minimum Gasteiger partial charge on any atom is -0.361 e. The molecule has 3 heterocycles. The van der Waals surface area contributed by atoms with E-state index in [2.05, 4.69) is 5.10 Å². The minimum absolute atomic E-state index is 0.0936. The lowest BCUT2D eigenvalue weighted by molar-refractivity contribution is 0.0790. The van der Waals surface area contributed by atoms with Gasteiger partial charge in [-0.05, 0) is 24.6 Å². The summed E-state index contributed by atoms with van der Waals surface area (Å²) in [7, 11) is 3.97. The zero-order valence-electron chi connectivity index (χ0n) is 14.5. The van der Waals surface area contributed by atoms with Gasteiger partial charge in [0.15, 0.2) is 5.82 Å². The largest absolute Gasteiger partial charge is 0.361 e. The van der Waals surface area contributed by atoms with Gasteiger partial charge in [-0.3, -0.25) is 4.79 Å². The maximum Gasteiger partial charge on any atom is 0.253 e. The Labute approximate surface area is 146 Å². The molecule has 3 aromatic rings. The van der Waals surface area contributed by atoms with Crippen LogP contribution in [0.1, 0.15) is 28.4 Å². The van der Waals surface area contributed by atoms with E-state index in [1.807, 2.05) is 71.0 Å². The molecule has 4 rings (SSSR count). The molecule has 128 valence electrons. The number of anilines is 1. The first-order valence-electron chi connectivity index (χ1n) is 8.49. The highest BCUT2D eigenvalue weighted by atomic mass is 16.2. The average Bonchev–Trinajstić information content (AvgIpc) is 3.30. The van der Waals surface area contributed by atoms with Crippen molar-refractivity contribution in [3.8, 4) is 0 Å². The summed E-state index contributed by atoms with van der Waals surface area (Å²) in [6, 6.07) is 11.4. The molecular weight excluding hydrogens is 314 g/mol. The lowest BCUT2D eigenvalue weighted by Crippen LogP contribution is -2.28. The van der Waals surface area contributed by atoms with Crippen LogP contribution < -0.4 is 4.90 Å². The van der Waals surface area contributed by atoms with E-state index in [0.29, 0.717) is 6.54 Å². The van der Waals surface area contributed by atoms with Crippen LogP contribution in [0.15, 0.2) is 48.8 Å². The molecule has 1 unspecified atom stereocenters. The van der Waals surface area contributed by atoms with Gasteiger partial charge in [0, 0.05) is 38.7 Å². The zero-order chi connectivity index (χ0) is 17.4. The van der Waals surface area contributed by atoms with E-state index in [9.17, 15) is 4.79 Å². The van der Waals surface area contributed by atoms with Crippen molar-refractivity contribution in [2.45, 2.75) is 12.3 Å². The minimum atomic E-state index is 0.0936. The van der Waals surface area contributed by atoms with Gasteiger partial charge in [-0.25, -0.2) is 9.50 Å². The molecule has 2 aromatic heterocycles. The molecular formula is C19H21N5O. The molecule has 1 aliphatic rings. The average molecular weight is 335 g/mol. The predicted octanol–water partition coefficient (Wildman–Crippen LogP) is 2.43. The van der Waals surface area contributed by atoms with Gasteiger partial charge in [0.05, 0.1) is 18.1 Å². The Kier molecular flexibility index (Phi) is 3.87. The first kappa shape index (κ1) is 15.6. The van der Waals surface area contributed by atoms with Crippen LogP contribution in [0.25, 0.3) is 5.52 Å². The van der Waals surface area contributed by atoms with E-state index in [-0.39, 0.29) is 11.8 Å². The lowest BCUT2D eigenvalue weighted by Gasteiger charge is -2.18. The number of hydrogen-bond acceptors (Lipinski definition) is 4. The topological polar surface area (TPSA) is 53.7 Å². The smallest absolute Gasteiger partial charge is 0.253 e. The number of rotatable bonds is 3. The summed E-state index contributed by atoms with van der Waals surface area (Å²) in [5.74, 6) is 1.24. The van der Waals surface area contributed by atoms with Crippen LogP contribution in [0.2, 0.25) is 0 Å². The summed E-state index contributed by atoms with van der Waals surface area (Å²) in [5.41, 5.74) is 2.72. The molecule has 6 nitrogen and oxygen atoms in total. The Morgan fingerprint density at radius 2 is 2.00 bits per heavy atom. The van der Waals surface area contributed by atoms with Crippen LogP contribution >= 0.6 is 0 Å². The van der Waals surface area contributed by atoms with Gasteiger partial charge >= 0.3 is 0 Å². The number of fused-ring (bicyclic) bond motifs is 1. The molecule has 1 saturated heterocycles. The van der Waals surface area contributed by atoms with Gasteiger partial charge in [-0.2, -0.15) is 5.10 Å². The fourth-order valence-electron chi connectivity index (χ4n) is 3.40. The standard InChI is InChI=1S/C19H21N5O/c1-22(2)18-17-8-10-20-24(17)13-16(21-18)15-9-11-23(12-15)19(25)14-6-4-3-5-7-14/h3-8,10,13,15H,9,11-12H2,1-2H3. The normalized spacial score (nSPS) is 17.2. The summed E-state index contributed by atoms with van der Waals surface area (Å²) in [5, 5.41) is 4.36. The van der Waals surface area contributed by atoms with Crippen molar-refractivity contribution < 1.29 is 4.79 Å². The number of nitrogens with zero attached hydrogens (tertiary/aromatic N) is 5. The van der Waals surface area contributed by atoms with Crippen molar-refractivity contribution in [2.24, 2.45) is 0 Å². The third kappa shape index (κ3) is 2.84. The van der Waals surface area contributed by atoms with E-state index in [4.69, 9.17) is 4.98 Å². The Balaban J connectivity index is 1.59. The van der Waals surface area contributed by atoms with Crippen molar-refractivity contribution in [1.29, 1.82) is 0 Å². The monoisotopic (exact) mass is 335 g/mol. The molecule has 0 spiro atoms. The molecule has 0 N–H and O–H groups in total. The number of aromatic nitrogens is 3.